The Morgan fingerprint density at radius 3 is 2.60 bits per heavy atom. The third-order valence-corrected chi connectivity index (χ3v) is 6.90. The number of fused-ring (bicyclic) bond motifs is 3. The van der Waals surface area contributed by atoms with Gasteiger partial charge in [-0.25, -0.2) is 4.68 Å². The van der Waals surface area contributed by atoms with Crippen molar-refractivity contribution in [1.82, 2.24) is 14.7 Å². The van der Waals surface area contributed by atoms with Crippen LogP contribution in [0, 0.1) is 13.8 Å². The van der Waals surface area contributed by atoms with Crippen LogP contribution >= 0.6 is 0 Å². The highest BCUT2D eigenvalue weighted by molar-refractivity contribution is 6.06. The number of anilines is 1. The molecule has 1 amide bonds. The smallest absolute Gasteiger partial charge is 0.306 e. The number of alkyl halides is 3. The van der Waals surface area contributed by atoms with Gasteiger partial charge in [0.25, 0.3) is 5.91 Å². The van der Waals surface area contributed by atoms with Crippen LogP contribution in [0.2, 0.25) is 0 Å². The van der Waals surface area contributed by atoms with Crippen LogP contribution in [-0.2, 0) is 6.18 Å². The molecule has 3 aromatic rings. The van der Waals surface area contributed by atoms with Gasteiger partial charge in [0, 0.05) is 36.0 Å². The lowest BCUT2D eigenvalue weighted by atomic mass is 9.89. The lowest BCUT2D eigenvalue weighted by Gasteiger charge is -2.36. The van der Waals surface area contributed by atoms with Crippen LogP contribution in [0.5, 0.6) is 0 Å². The Bertz CT molecular complexity index is 1380. The van der Waals surface area contributed by atoms with Gasteiger partial charge in [-0.1, -0.05) is 23.8 Å². The first-order valence-electron chi connectivity index (χ1n) is 11.5. The number of carbonyl (C=O) groups excluding carboxylic acids is 1. The Morgan fingerprint density at radius 1 is 1.09 bits per heavy atom. The van der Waals surface area contributed by atoms with Gasteiger partial charge in [0.05, 0.1) is 11.3 Å². The normalized spacial score (nSPS) is 20.0. The molecule has 0 unspecified atom stereocenters. The second-order valence-electron chi connectivity index (χ2n) is 9.42. The van der Waals surface area contributed by atoms with Crippen molar-refractivity contribution in [2.45, 2.75) is 38.4 Å². The number of hydrogen-bond acceptors (Lipinski definition) is 4. The molecule has 2 atom stereocenters. The highest BCUT2D eigenvalue weighted by Crippen LogP contribution is 2.45. The summed E-state index contributed by atoms with van der Waals surface area (Å²) in [5, 5.41) is 4.29. The zero-order valence-electron chi connectivity index (χ0n) is 19.6. The predicted molar refractivity (Wildman–Crippen MR) is 126 cm³/mol. The second kappa shape index (κ2) is 8.34. The average Bonchev–Trinajstić information content (AvgIpc) is 3.11. The zero-order chi connectivity index (χ0) is 25.1. The van der Waals surface area contributed by atoms with Crippen LogP contribution in [0.4, 0.5) is 18.9 Å². The van der Waals surface area contributed by atoms with Crippen molar-refractivity contribution in [1.29, 1.82) is 0 Å². The van der Waals surface area contributed by atoms with E-state index in [9.17, 15) is 22.8 Å². The summed E-state index contributed by atoms with van der Waals surface area (Å²) in [5.41, 5.74) is 1.69. The fourth-order valence-electron chi connectivity index (χ4n) is 5.23. The maximum atomic E-state index is 13.8. The number of aromatic nitrogens is 2. The highest BCUT2D eigenvalue weighted by Gasteiger charge is 2.45. The van der Waals surface area contributed by atoms with Gasteiger partial charge in [-0.2, -0.15) is 18.3 Å². The highest BCUT2D eigenvalue weighted by atomic mass is 19.4. The monoisotopic (exact) mass is 482 g/mol. The maximum Gasteiger partial charge on any atom is 0.416 e. The number of benzene rings is 2. The summed E-state index contributed by atoms with van der Waals surface area (Å²) in [4.78, 5) is 30.6. The lowest BCUT2D eigenvalue weighted by molar-refractivity contribution is -0.137. The number of piperidine rings is 1. The Morgan fingerprint density at radius 2 is 1.86 bits per heavy atom. The molecule has 9 heteroatoms. The number of amides is 1. The molecule has 0 spiro atoms. The number of carbonyl (C=O) groups is 1. The van der Waals surface area contributed by atoms with Crippen molar-refractivity contribution in [2.24, 2.45) is 0 Å². The number of halogens is 3. The van der Waals surface area contributed by atoms with E-state index < -0.39 is 23.1 Å². The molecule has 1 fully saturated rings. The summed E-state index contributed by atoms with van der Waals surface area (Å²) >= 11 is 0. The first kappa shape index (κ1) is 23.3. The molecule has 0 bridgehead atoms. The molecule has 5 rings (SSSR count). The fourth-order valence-corrected chi connectivity index (χ4v) is 5.23. The van der Waals surface area contributed by atoms with Crippen LogP contribution in [0.25, 0.3) is 5.69 Å². The molecular formula is C26H25F3N4O2. The first-order chi connectivity index (χ1) is 16.5. The Labute approximate surface area is 200 Å². The van der Waals surface area contributed by atoms with Crippen molar-refractivity contribution in [3.05, 3.63) is 86.8 Å². The molecule has 6 nitrogen and oxygen atoms in total. The van der Waals surface area contributed by atoms with Crippen LogP contribution in [0.3, 0.4) is 0 Å². The van der Waals surface area contributed by atoms with E-state index in [4.69, 9.17) is 0 Å². The van der Waals surface area contributed by atoms with Gasteiger partial charge in [0.15, 0.2) is 5.69 Å². The number of likely N-dealkylation sites (tertiary alicyclic amines) is 1. The van der Waals surface area contributed by atoms with E-state index in [1.807, 2.05) is 26.1 Å². The average molecular weight is 483 g/mol. The quantitative estimate of drug-likeness (QED) is 0.546. The fraction of sp³-hybridized carbons (Fsp3) is 0.346. The Kier molecular flexibility index (Phi) is 5.55. The van der Waals surface area contributed by atoms with E-state index in [0.29, 0.717) is 5.69 Å². The molecule has 1 saturated heterocycles. The minimum Gasteiger partial charge on any atom is -0.306 e. The van der Waals surface area contributed by atoms with Crippen molar-refractivity contribution >= 4 is 11.6 Å². The molecule has 2 aliphatic rings. The number of likely N-dealkylation sites (N-methyl/N-ethyl adjacent to an activating group) is 1. The molecule has 3 heterocycles. The molecule has 2 aromatic carbocycles. The number of hydrogen-bond donors (Lipinski definition) is 0. The Balaban J connectivity index is 1.60. The summed E-state index contributed by atoms with van der Waals surface area (Å²) in [7, 11) is 2.05. The molecule has 0 saturated carbocycles. The van der Waals surface area contributed by atoms with Gasteiger partial charge in [-0.15, -0.1) is 0 Å². The van der Waals surface area contributed by atoms with Crippen molar-refractivity contribution < 1.29 is 18.0 Å². The van der Waals surface area contributed by atoms with Crippen molar-refractivity contribution in [3.63, 3.8) is 0 Å². The first-order valence-corrected chi connectivity index (χ1v) is 11.5. The SMILES string of the molecule is Cc1ccc2c(c1)[C@H]1CN(C)CC[C@H]1N2C(=O)c1nn(-c2cccc(C(F)(F)F)c2)c(C)cc1=O. The largest absolute Gasteiger partial charge is 0.416 e. The van der Waals surface area contributed by atoms with Crippen LogP contribution in [0.15, 0.2) is 53.3 Å². The molecular weight excluding hydrogens is 457 g/mol. The molecule has 182 valence electrons. The van der Waals surface area contributed by atoms with E-state index in [2.05, 4.69) is 16.1 Å². The van der Waals surface area contributed by atoms with Gasteiger partial charge < -0.3 is 9.80 Å². The lowest BCUT2D eigenvalue weighted by Crippen LogP contribution is -2.48. The molecule has 1 aromatic heterocycles. The number of rotatable bonds is 2. The third-order valence-electron chi connectivity index (χ3n) is 6.90. The van der Waals surface area contributed by atoms with Gasteiger partial charge in [0.2, 0.25) is 5.43 Å². The number of nitrogens with zero attached hydrogens (tertiary/aromatic N) is 4. The van der Waals surface area contributed by atoms with Gasteiger partial charge in [-0.05, 0) is 63.7 Å². The van der Waals surface area contributed by atoms with E-state index in [-0.39, 0.29) is 23.3 Å². The standard InChI is InChI=1S/C26H25F3N4O2/c1-15-7-8-21-19(11-15)20-14-31(3)10-9-22(20)32(21)25(35)24-23(34)12-16(2)33(30-24)18-6-4-5-17(13-18)26(27,28)29/h4-8,11-13,20,22H,9-10,14H2,1-3H3/t20-,22-/m1/s1. The number of aryl methyl sites for hydroxylation is 2. The summed E-state index contributed by atoms with van der Waals surface area (Å²) in [5.74, 6) is -0.415. The van der Waals surface area contributed by atoms with Crippen LogP contribution in [0.1, 0.15) is 45.2 Å². The molecule has 0 N–H and O–H groups in total. The van der Waals surface area contributed by atoms with E-state index >= 15 is 0 Å². The summed E-state index contributed by atoms with van der Waals surface area (Å²) in [6.45, 7) is 5.18. The van der Waals surface area contributed by atoms with Gasteiger partial charge in [0.1, 0.15) is 0 Å². The van der Waals surface area contributed by atoms with Gasteiger partial charge in [-0.3, -0.25) is 9.59 Å². The molecule has 35 heavy (non-hydrogen) atoms. The van der Waals surface area contributed by atoms with E-state index in [0.717, 1.165) is 48.5 Å². The third kappa shape index (κ3) is 4.03. The zero-order valence-corrected chi connectivity index (χ0v) is 19.6. The molecule has 2 aliphatic heterocycles. The second-order valence-corrected chi connectivity index (χ2v) is 9.42. The summed E-state index contributed by atoms with van der Waals surface area (Å²) < 4.78 is 41.0. The minimum atomic E-state index is -4.53. The van der Waals surface area contributed by atoms with Gasteiger partial charge >= 0.3 is 6.18 Å². The van der Waals surface area contributed by atoms with E-state index in [1.54, 1.807) is 11.8 Å². The maximum absolute atomic E-state index is 13.8. The van der Waals surface area contributed by atoms with Crippen molar-refractivity contribution in [2.75, 3.05) is 25.0 Å². The predicted octanol–water partition coefficient (Wildman–Crippen LogP) is 4.32. The van der Waals surface area contributed by atoms with Crippen LogP contribution in [-0.4, -0.2) is 46.8 Å². The van der Waals surface area contributed by atoms with Crippen molar-refractivity contribution in [3.8, 4) is 5.69 Å². The molecule has 0 radical (unpaired) electrons. The summed E-state index contributed by atoms with van der Waals surface area (Å²) in [6.07, 6.45) is -3.78. The van der Waals surface area contributed by atoms with Crippen LogP contribution < -0.4 is 10.3 Å². The minimum absolute atomic E-state index is 0.111. The van der Waals surface area contributed by atoms with E-state index in [1.165, 1.54) is 22.9 Å². The Hall–Kier alpha value is -3.46. The topological polar surface area (TPSA) is 58.4 Å². The molecule has 0 aliphatic carbocycles. The summed E-state index contributed by atoms with van der Waals surface area (Å²) in [6, 6.07) is 11.7.